The number of carbonyl (C=O) groups is 6. The van der Waals surface area contributed by atoms with Crippen LogP contribution in [0.4, 0.5) is 25.4 Å². The quantitative estimate of drug-likeness (QED) is 0.0417. The van der Waals surface area contributed by atoms with E-state index in [-0.39, 0.29) is 103 Å². The van der Waals surface area contributed by atoms with Gasteiger partial charge in [0.2, 0.25) is 23.5 Å². The van der Waals surface area contributed by atoms with Crippen LogP contribution in [0.25, 0.3) is 0 Å². The number of carboxylic acid groups (broad SMARTS) is 1. The van der Waals surface area contributed by atoms with E-state index in [9.17, 15) is 44.1 Å². The van der Waals surface area contributed by atoms with E-state index >= 15 is 4.39 Å². The molecule has 7 N–H and O–H groups in total. The molecule has 3 saturated heterocycles. The molecule has 0 aromatic heterocycles. The molecule has 0 spiro atoms. The molecular formula is C54H69FN8O13S2. The molecule has 78 heavy (non-hydrogen) atoms. The first-order valence-corrected chi connectivity index (χ1v) is 29.5. The van der Waals surface area contributed by atoms with E-state index in [4.69, 9.17) is 24.2 Å². The summed E-state index contributed by atoms with van der Waals surface area (Å²) < 4.78 is 26.6. The van der Waals surface area contributed by atoms with Crippen LogP contribution in [0.2, 0.25) is 0 Å². The lowest BCUT2D eigenvalue weighted by Crippen LogP contribution is -2.64. The van der Waals surface area contributed by atoms with Crippen LogP contribution in [0.5, 0.6) is 5.75 Å². The van der Waals surface area contributed by atoms with Crippen molar-refractivity contribution in [1.82, 2.24) is 26.2 Å². The molecular weight excluding hydrogens is 1050 g/mol. The molecule has 21 nitrogen and oxygen atoms in total. The summed E-state index contributed by atoms with van der Waals surface area (Å²) in [4.78, 5) is 97.7. The number of carboxylic acids is 1. The van der Waals surface area contributed by atoms with Crippen molar-refractivity contribution in [1.29, 1.82) is 0 Å². The number of carbonyl (C=O) groups excluding carboxylic acids is 5. The van der Waals surface area contributed by atoms with Gasteiger partial charge in [-0.15, -0.1) is 23.5 Å². The zero-order valence-electron chi connectivity index (χ0n) is 43.5. The maximum atomic E-state index is 15.4. The van der Waals surface area contributed by atoms with Gasteiger partial charge in [-0.2, -0.15) is 0 Å². The first-order chi connectivity index (χ1) is 37.5. The van der Waals surface area contributed by atoms with E-state index in [0.29, 0.717) is 99.1 Å². The predicted octanol–water partition coefficient (Wildman–Crippen LogP) is 4.47. The van der Waals surface area contributed by atoms with Crippen molar-refractivity contribution < 1.29 is 67.7 Å². The highest BCUT2D eigenvalue weighted by Gasteiger charge is 2.59. The summed E-state index contributed by atoms with van der Waals surface area (Å²) in [5.41, 5.74) is 1.03. The summed E-state index contributed by atoms with van der Waals surface area (Å²) in [5.74, 6) is -1.57. The van der Waals surface area contributed by atoms with Crippen LogP contribution < -0.4 is 31.1 Å². The van der Waals surface area contributed by atoms with Crippen molar-refractivity contribution in [2.24, 2.45) is 34.6 Å². The Morgan fingerprint density at radius 3 is 2.47 bits per heavy atom. The smallest absolute Gasteiger partial charge is 0.414 e. The lowest BCUT2D eigenvalue weighted by molar-refractivity contribution is -0.461. The third-order valence-corrected chi connectivity index (χ3v) is 19.9. The number of aliphatic carboxylic acids is 1. The highest BCUT2D eigenvalue weighted by atomic mass is 32.2. The second-order valence-corrected chi connectivity index (χ2v) is 25.1. The zero-order valence-corrected chi connectivity index (χ0v) is 45.2. The van der Waals surface area contributed by atoms with Gasteiger partial charge in [0.15, 0.2) is 0 Å². The Hall–Kier alpha value is -5.40. The number of aliphatic hydroxyl groups is 1. The van der Waals surface area contributed by atoms with Crippen LogP contribution in [0.15, 0.2) is 47.5 Å². The molecule has 6 aliphatic carbocycles. The fourth-order valence-electron chi connectivity index (χ4n) is 13.9. The number of amides is 5. The number of hydrogen-bond acceptors (Lipinski definition) is 17. The first-order valence-electron chi connectivity index (χ1n) is 27.5. The minimum atomic E-state index is -1.65. The molecule has 12 rings (SSSR count). The van der Waals surface area contributed by atoms with Crippen molar-refractivity contribution in [3.8, 4) is 5.75 Å². The highest BCUT2D eigenvalue weighted by molar-refractivity contribution is 8.14. The second kappa shape index (κ2) is 22.6. The summed E-state index contributed by atoms with van der Waals surface area (Å²) in [6.07, 6.45) is 3.60. The Kier molecular flexibility index (Phi) is 15.8. The second-order valence-electron chi connectivity index (χ2n) is 23.0. The molecule has 9 fully saturated rings. The van der Waals surface area contributed by atoms with E-state index < -0.39 is 53.5 Å². The molecule has 5 amide bonds. The normalized spacial score (nSPS) is 34.5. The van der Waals surface area contributed by atoms with Gasteiger partial charge in [-0.25, -0.2) is 23.8 Å². The largest absolute Gasteiger partial charge is 0.507 e. The number of rotatable bonds is 20. The molecule has 10 aliphatic rings. The standard InChI is InChI=1S/C54H69FN8O13S2/c1-29(64)57-23-35-24-63(52(71)74-35)33-9-10-41(39(55)18-33)61-25-37-38(26-61)46(37)59-51(70)73-34-6-4-13-54(72,22-34)76-75-47-31-16-30-17-32(47)21-53(19-30,20-31)60-45(67)12-11-44(66)56-14-5-15-62-42(50(68)69)28-78-49(62)40-27-77-48(58-40)36-7-2-3-8-43(36)65/h2-3,7-10,18,30-32,34-35,37-38,40,42,46-47,49,65,72H,4-6,11-17,19-28H2,1H3,(H,56,66)(H,57,64)(H,59,70)(H,60,67)(H,68,69)/t30?,31?,32?,34?,35-,37-,38+,40+,42-,46?,47?,49?,53?,54+/m0/s1. The minimum Gasteiger partial charge on any atom is -0.507 e. The summed E-state index contributed by atoms with van der Waals surface area (Å²) in [5, 5.41) is 44.4. The van der Waals surface area contributed by atoms with Gasteiger partial charge in [-0.3, -0.25) is 34.0 Å². The summed E-state index contributed by atoms with van der Waals surface area (Å²) in [6.45, 7) is 3.59. The number of phenolic OH excluding ortho intramolecular Hbond substituents is 1. The summed E-state index contributed by atoms with van der Waals surface area (Å²) >= 11 is 3.13. The number of alkyl carbamates (subject to hydrolysis) is 1. The monoisotopic (exact) mass is 1120 g/mol. The van der Waals surface area contributed by atoms with Crippen LogP contribution >= 0.6 is 23.5 Å². The van der Waals surface area contributed by atoms with Crippen molar-refractivity contribution >= 4 is 75.8 Å². The third kappa shape index (κ3) is 11.9. The number of para-hydroxylation sites is 1. The number of nitrogens with one attached hydrogen (secondary N) is 4. The number of aromatic hydroxyl groups is 1. The molecule has 4 aliphatic heterocycles. The molecule has 24 heteroatoms. The minimum absolute atomic E-state index is 0.0267. The number of benzene rings is 2. The van der Waals surface area contributed by atoms with Gasteiger partial charge in [-0.1, -0.05) is 12.1 Å². The van der Waals surface area contributed by atoms with Crippen molar-refractivity contribution in [2.75, 3.05) is 60.6 Å². The molecule has 422 valence electrons. The highest BCUT2D eigenvalue weighted by Crippen LogP contribution is 2.57. The van der Waals surface area contributed by atoms with E-state index in [1.807, 2.05) is 21.9 Å². The van der Waals surface area contributed by atoms with Crippen molar-refractivity contribution in [3.05, 3.63) is 53.8 Å². The fourth-order valence-corrected chi connectivity index (χ4v) is 16.7. The molecule has 4 heterocycles. The number of halogens is 1. The number of thioether (sulfide) groups is 2. The number of ether oxygens (including phenoxy) is 2. The zero-order chi connectivity index (χ0) is 54.5. The van der Waals surface area contributed by atoms with Gasteiger partial charge >= 0.3 is 18.2 Å². The topological polar surface area (TPSA) is 270 Å². The molecule has 0 radical (unpaired) electrons. The Labute approximate surface area is 459 Å². The number of hydrogen-bond donors (Lipinski definition) is 7. The van der Waals surface area contributed by atoms with Crippen LogP contribution in [0.1, 0.15) is 89.5 Å². The molecule has 4 bridgehead atoms. The lowest BCUT2D eigenvalue weighted by atomic mass is 9.51. The molecule has 2 aromatic rings. The summed E-state index contributed by atoms with van der Waals surface area (Å²) in [6, 6.07) is 10.7. The number of piperidine rings is 1. The average Bonchev–Trinajstić information content (AvgIpc) is 4.13. The first kappa shape index (κ1) is 54.6. The Morgan fingerprint density at radius 1 is 0.962 bits per heavy atom. The maximum Gasteiger partial charge on any atom is 0.414 e. The predicted molar refractivity (Wildman–Crippen MR) is 285 cm³/mol. The molecule has 2 aromatic carbocycles. The molecule has 6 saturated carbocycles. The maximum absolute atomic E-state index is 15.4. The average molecular weight is 1120 g/mol. The number of fused-ring (bicyclic) bond motifs is 1. The number of nitrogens with zero attached hydrogens (tertiary/aromatic N) is 4. The van der Waals surface area contributed by atoms with Gasteiger partial charge in [-0.05, 0) is 99.5 Å². The molecule has 11 atom stereocenters. The van der Waals surface area contributed by atoms with Gasteiger partial charge < -0.3 is 51.0 Å². The van der Waals surface area contributed by atoms with E-state index in [1.54, 1.807) is 47.8 Å². The Balaban J connectivity index is 0.582. The van der Waals surface area contributed by atoms with E-state index in [2.05, 4.69) is 21.3 Å². The van der Waals surface area contributed by atoms with Crippen molar-refractivity contribution in [3.63, 3.8) is 0 Å². The van der Waals surface area contributed by atoms with Crippen molar-refractivity contribution in [2.45, 2.75) is 137 Å². The van der Waals surface area contributed by atoms with Gasteiger partial charge in [0.1, 0.15) is 34.9 Å². The van der Waals surface area contributed by atoms with Crippen LogP contribution in [-0.4, -0.2) is 165 Å². The van der Waals surface area contributed by atoms with Gasteiger partial charge in [0, 0.05) is 99.3 Å². The lowest BCUT2D eigenvalue weighted by Gasteiger charge is -2.59. The third-order valence-electron chi connectivity index (χ3n) is 17.4. The van der Waals surface area contributed by atoms with Gasteiger partial charge in [0.05, 0.1) is 42.0 Å². The van der Waals surface area contributed by atoms with Gasteiger partial charge in [0.25, 0.3) is 0 Å². The van der Waals surface area contributed by atoms with E-state index in [0.717, 1.165) is 24.3 Å². The fraction of sp³-hybridized carbons (Fsp3) is 0.648. The number of anilines is 2. The van der Waals surface area contributed by atoms with E-state index in [1.165, 1.54) is 17.9 Å². The number of aliphatic imine (C=N–C) groups is 1. The van der Waals surface area contributed by atoms with Crippen LogP contribution in [0.3, 0.4) is 0 Å². The van der Waals surface area contributed by atoms with Crippen LogP contribution in [0, 0.1) is 35.4 Å². The molecule has 5 unspecified atom stereocenters. The Morgan fingerprint density at radius 2 is 1.73 bits per heavy atom. The SMILES string of the molecule is CC(=O)NC[C@H]1CN(c2ccc(N3C[C@@H]4C(NC(=O)OC5CCC[C@@](O)(OOC6C7CC8CC6CC(NC(=O)CCC(=O)NCCCN6C([C@H]9CSC(c%10ccccc%10O)=N9)SC[C@H]6C(=O)O)(C8)C7)C5)[C@@H]4C3)c(F)c2)C(=O)O1. The number of cyclic esters (lactones) is 1. The number of phenols is 1. The summed E-state index contributed by atoms with van der Waals surface area (Å²) in [7, 11) is 0. The Bertz CT molecular complexity index is 2660. The van der Waals surface area contributed by atoms with Crippen LogP contribution in [-0.2, 0) is 38.4 Å².